The Morgan fingerprint density at radius 2 is 2.21 bits per heavy atom. The summed E-state index contributed by atoms with van der Waals surface area (Å²) < 4.78 is 5.40. The largest absolute Gasteiger partial charge is 0.492 e. The molecule has 0 aliphatic carbocycles. The van der Waals surface area contributed by atoms with Gasteiger partial charge in [0.2, 0.25) is 0 Å². The number of aromatic nitrogens is 1. The van der Waals surface area contributed by atoms with Gasteiger partial charge in [0.05, 0.1) is 11.4 Å². The zero-order valence-corrected chi connectivity index (χ0v) is 8.37. The predicted molar refractivity (Wildman–Crippen MR) is 58.0 cm³/mol. The first-order chi connectivity index (χ1) is 6.90. The Hall–Kier alpha value is -1.28. The molecule has 1 heterocycles. The van der Waals surface area contributed by atoms with Crippen LogP contribution in [0.5, 0.6) is 5.75 Å². The van der Waals surface area contributed by atoms with E-state index >= 15 is 0 Å². The Morgan fingerprint density at radius 1 is 1.29 bits per heavy atom. The molecule has 0 saturated heterocycles. The Kier molecular flexibility index (Phi) is 2.84. The van der Waals surface area contributed by atoms with Crippen LogP contribution in [0.1, 0.15) is 0 Å². The third-order valence-electron chi connectivity index (χ3n) is 1.92. The molecule has 1 aromatic carbocycles. The molecule has 0 atom stereocenters. The number of alkyl halides is 1. The second kappa shape index (κ2) is 4.29. The molecule has 0 saturated carbocycles. The van der Waals surface area contributed by atoms with E-state index in [1.54, 1.807) is 6.20 Å². The smallest absolute Gasteiger partial charge is 0.120 e. The van der Waals surface area contributed by atoms with Gasteiger partial charge in [-0.2, -0.15) is 0 Å². The summed E-state index contributed by atoms with van der Waals surface area (Å²) in [6.07, 6.45) is 1.78. The summed E-state index contributed by atoms with van der Waals surface area (Å²) >= 11 is 5.53. The molecule has 0 aliphatic heterocycles. The summed E-state index contributed by atoms with van der Waals surface area (Å²) in [7, 11) is 0. The van der Waals surface area contributed by atoms with E-state index in [9.17, 15) is 0 Å². The fraction of sp³-hybridized carbons (Fsp3) is 0.182. The van der Waals surface area contributed by atoms with Gasteiger partial charge in [0.25, 0.3) is 0 Å². The number of nitrogens with zero attached hydrogens (tertiary/aromatic N) is 1. The lowest BCUT2D eigenvalue weighted by molar-refractivity contribution is 0.343. The van der Waals surface area contributed by atoms with Crippen molar-refractivity contribution in [3.8, 4) is 5.75 Å². The van der Waals surface area contributed by atoms with E-state index in [0.29, 0.717) is 12.5 Å². The molecule has 0 aliphatic rings. The Labute approximate surface area is 87.5 Å². The summed E-state index contributed by atoms with van der Waals surface area (Å²) in [5.74, 6) is 1.34. The molecule has 72 valence electrons. The molecular weight excluding hydrogens is 198 g/mol. The molecule has 1 aromatic heterocycles. The predicted octanol–water partition coefficient (Wildman–Crippen LogP) is 2.85. The van der Waals surface area contributed by atoms with Crippen molar-refractivity contribution in [2.24, 2.45) is 0 Å². The van der Waals surface area contributed by atoms with Crippen LogP contribution in [0.3, 0.4) is 0 Å². The minimum absolute atomic E-state index is 0.505. The van der Waals surface area contributed by atoms with Crippen molar-refractivity contribution in [2.45, 2.75) is 0 Å². The maximum absolute atomic E-state index is 5.53. The van der Waals surface area contributed by atoms with Gasteiger partial charge in [-0.25, -0.2) is 0 Å². The molecule has 14 heavy (non-hydrogen) atoms. The number of halogens is 1. The van der Waals surface area contributed by atoms with Gasteiger partial charge in [0.15, 0.2) is 0 Å². The lowest BCUT2D eigenvalue weighted by Crippen LogP contribution is -1.97. The first-order valence-corrected chi connectivity index (χ1v) is 4.97. The second-order valence-electron chi connectivity index (χ2n) is 2.90. The standard InChI is InChI=1S/C11H10ClNO/c12-5-7-14-10-3-4-11-9(8-10)2-1-6-13-11/h1-4,6,8H,5,7H2. The van der Waals surface area contributed by atoms with Crippen LogP contribution in [0.25, 0.3) is 10.9 Å². The number of hydrogen-bond donors (Lipinski definition) is 0. The normalized spacial score (nSPS) is 10.4. The van der Waals surface area contributed by atoms with Crippen LogP contribution >= 0.6 is 11.6 Å². The average Bonchev–Trinajstić information content (AvgIpc) is 2.26. The highest BCUT2D eigenvalue weighted by molar-refractivity contribution is 6.18. The summed E-state index contributed by atoms with van der Waals surface area (Å²) in [5.41, 5.74) is 0.978. The molecule has 0 unspecified atom stereocenters. The van der Waals surface area contributed by atoms with Gasteiger partial charge in [-0.3, -0.25) is 4.98 Å². The van der Waals surface area contributed by atoms with Crippen molar-refractivity contribution in [2.75, 3.05) is 12.5 Å². The summed E-state index contributed by atoms with van der Waals surface area (Å²) in [6, 6.07) is 9.74. The summed E-state index contributed by atoms with van der Waals surface area (Å²) in [4.78, 5) is 4.22. The zero-order valence-electron chi connectivity index (χ0n) is 7.61. The maximum Gasteiger partial charge on any atom is 0.120 e. The molecule has 2 aromatic rings. The molecule has 0 N–H and O–H groups in total. The van der Waals surface area contributed by atoms with Crippen LogP contribution in [0.15, 0.2) is 36.5 Å². The highest BCUT2D eigenvalue weighted by Gasteiger charge is 1.96. The van der Waals surface area contributed by atoms with Gasteiger partial charge in [-0.1, -0.05) is 6.07 Å². The fourth-order valence-corrected chi connectivity index (χ4v) is 1.38. The van der Waals surface area contributed by atoms with E-state index < -0.39 is 0 Å². The van der Waals surface area contributed by atoms with E-state index in [4.69, 9.17) is 16.3 Å². The van der Waals surface area contributed by atoms with Gasteiger partial charge in [-0.15, -0.1) is 11.6 Å². The van der Waals surface area contributed by atoms with Crippen molar-refractivity contribution >= 4 is 22.5 Å². The SMILES string of the molecule is ClCCOc1ccc2ncccc2c1. The van der Waals surface area contributed by atoms with Crippen molar-refractivity contribution in [3.63, 3.8) is 0 Å². The average molecular weight is 208 g/mol. The number of rotatable bonds is 3. The van der Waals surface area contributed by atoms with Gasteiger partial charge in [0, 0.05) is 11.6 Å². The van der Waals surface area contributed by atoms with Crippen molar-refractivity contribution in [3.05, 3.63) is 36.5 Å². The van der Waals surface area contributed by atoms with Crippen LogP contribution in [-0.2, 0) is 0 Å². The lowest BCUT2D eigenvalue weighted by Gasteiger charge is -2.04. The third-order valence-corrected chi connectivity index (χ3v) is 2.07. The highest BCUT2D eigenvalue weighted by atomic mass is 35.5. The Bertz CT molecular complexity index is 430. The first-order valence-electron chi connectivity index (χ1n) is 4.44. The fourth-order valence-electron chi connectivity index (χ4n) is 1.30. The minimum Gasteiger partial charge on any atom is -0.492 e. The van der Waals surface area contributed by atoms with Crippen LogP contribution in [0, 0.1) is 0 Å². The minimum atomic E-state index is 0.505. The summed E-state index contributed by atoms with van der Waals surface area (Å²) in [5, 5.41) is 1.08. The van der Waals surface area contributed by atoms with Crippen LogP contribution in [-0.4, -0.2) is 17.5 Å². The molecule has 0 spiro atoms. The van der Waals surface area contributed by atoms with E-state index in [0.717, 1.165) is 16.7 Å². The van der Waals surface area contributed by atoms with Crippen LogP contribution in [0.2, 0.25) is 0 Å². The van der Waals surface area contributed by atoms with Crippen molar-refractivity contribution < 1.29 is 4.74 Å². The zero-order chi connectivity index (χ0) is 9.80. The van der Waals surface area contributed by atoms with E-state index in [2.05, 4.69) is 4.98 Å². The van der Waals surface area contributed by atoms with E-state index in [1.165, 1.54) is 0 Å². The molecular formula is C11H10ClNO. The lowest BCUT2D eigenvalue weighted by atomic mass is 10.2. The third kappa shape index (κ3) is 1.96. The quantitative estimate of drug-likeness (QED) is 0.723. The molecule has 2 nitrogen and oxygen atoms in total. The van der Waals surface area contributed by atoms with Gasteiger partial charge in [0.1, 0.15) is 12.4 Å². The molecule has 0 bridgehead atoms. The number of hydrogen-bond acceptors (Lipinski definition) is 2. The topological polar surface area (TPSA) is 22.1 Å². The highest BCUT2D eigenvalue weighted by Crippen LogP contribution is 2.18. The first kappa shape index (κ1) is 9.28. The number of pyridine rings is 1. The van der Waals surface area contributed by atoms with E-state index in [1.807, 2.05) is 30.3 Å². The van der Waals surface area contributed by atoms with Crippen LogP contribution < -0.4 is 4.74 Å². The van der Waals surface area contributed by atoms with Crippen LogP contribution in [0.4, 0.5) is 0 Å². The van der Waals surface area contributed by atoms with Gasteiger partial charge < -0.3 is 4.74 Å². The molecule has 0 fully saturated rings. The number of ether oxygens (including phenoxy) is 1. The van der Waals surface area contributed by atoms with E-state index in [-0.39, 0.29) is 0 Å². The van der Waals surface area contributed by atoms with Crippen molar-refractivity contribution in [1.29, 1.82) is 0 Å². The number of benzene rings is 1. The van der Waals surface area contributed by atoms with Gasteiger partial charge in [-0.05, 0) is 24.3 Å². The molecule has 0 radical (unpaired) electrons. The molecule has 2 rings (SSSR count). The number of fused-ring (bicyclic) bond motifs is 1. The summed E-state index contributed by atoms with van der Waals surface area (Å²) in [6.45, 7) is 0.535. The Balaban J connectivity index is 2.32. The van der Waals surface area contributed by atoms with Crippen molar-refractivity contribution in [1.82, 2.24) is 4.98 Å². The monoisotopic (exact) mass is 207 g/mol. The second-order valence-corrected chi connectivity index (χ2v) is 3.27. The van der Waals surface area contributed by atoms with Gasteiger partial charge >= 0.3 is 0 Å². The Morgan fingerprint density at radius 3 is 3.07 bits per heavy atom. The molecule has 0 amide bonds. The molecule has 3 heteroatoms. The maximum atomic E-state index is 5.53.